The van der Waals surface area contributed by atoms with Gasteiger partial charge in [-0.1, -0.05) is 6.07 Å². The highest BCUT2D eigenvalue weighted by molar-refractivity contribution is 7.89. The Hall–Kier alpha value is -3.61. The maximum atomic E-state index is 12.8. The number of sulfonamides is 1. The maximum Gasteiger partial charge on any atom is 0.331 e. The molecule has 0 radical (unpaired) electrons. The van der Waals surface area contributed by atoms with Gasteiger partial charge >= 0.3 is 5.97 Å². The number of hydrogen-bond acceptors (Lipinski definition) is 9. The molecule has 1 aliphatic rings. The van der Waals surface area contributed by atoms with E-state index >= 15 is 0 Å². The van der Waals surface area contributed by atoms with Gasteiger partial charge in [-0.2, -0.15) is 0 Å². The van der Waals surface area contributed by atoms with E-state index in [1.54, 1.807) is 6.07 Å². The molecule has 1 N–H and O–H groups in total. The molecule has 0 amide bonds. The van der Waals surface area contributed by atoms with Crippen LogP contribution in [0.3, 0.4) is 0 Å². The van der Waals surface area contributed by atoms with Gasteiger partial charge in [0.2, 0.25) is 10.0 Å². The van der Waals surface area contributed by atoms with Gasteiger partial charge in [-0.15, -0.1) is 0 Å². The Bertz CT molecular complexity index is 1220. The minimum Gasteiger partial charge on any atom is -0.495 e. The molecule has 1 heterocycles. The second-order valence-corrected chi connectivity index (χ2v) is 9.30. The Kier molecular flexibility index (Phi) is 8.68. The molecule has 1 saturated heterocycles. The van der Waals surface area contributed by atoms with Gasteiger partial charge in [-0.25, -0.2) is 17.9 Å². The fraction of sp³-hybridized carbons (Fsp3) is 0.304. The first-order chi connectivity index (χ1) is 16.7. The van der Waals surface area contributed by atoms with Gasteiger partial charge in [-0.3, -0.25) is 14.9 Å². The maximum absolute atomic E-state index is 12.8. The van der Waals surface area contributed by atoms with Crippen LogP contribution in [0.15, 0.2) is 53.4 Å². The van der Waals surface area contributed by atoms with Gasteiger partial charge in [0, 0.05) is 36.9 Å². The number of rotatable bonds is 11. The fourth-order valence-corrected chi connectivity index (χ4v) is 4.56. The Labute approximate surface area is 201 Å². The first-order valence-corrected chi connectivity index (χ1v) is 12.1. The topological polar surface area (TPSA) is 151 Å². The Balaban J connectivity index is 1.61. The molecule has 35 heavy (non-hydrogen) atoms. The number of ether oxygens (including phenoxy) is 3. The van der Waals surface area contributed by atoms with Crippen LogP contribution in [-0.4, -0.2) is 58.1 Å². The van der Waals surface area contributed by atoms with Crippen LogP contribution in [0.4, 0.5) is 5.69 Å². The summed E-state index contributed by atoms with van der Waals surface area (Å²) in [5, 5.41) is 10.7. The second kappa shape index (κ2) is 11.7. The van der Waals surface area contributed by atoms with Crippen LogP contribution in [0, 0.1) is 10.1 Å². The van der Waals surface area contributed by atoms with Gasteiger partial charge in [0.05, 0.1) is 18.1 Å². The molecule has 1 fully saturated rings. The Morgan fingerprint density at radius 2 is 1.97 bits per heavy atom. The summed E-state index contributed by atoms with van der Waals surface area (Å²) in [5.74, 6) is -1.22. The summed E-state index contributed by atoms with van der Waals surface area (Å²) < 4.78 is 43.6. The fourth-order valence-electron chi connectivity index (χ4n) is 3.29. The molecule has 3 rings (SSSR count). The molecule has 12 heteroatoms. The second-order valence-electron chi connectivity index (χ2n) is 7.57. The number of nitrogens with zero attached hydrogens (tertiary/aromatic N) is 1. The van der Waals surface area contributed by atoms with E-state index in [-0.39, 0.29) is 34.5 Å². The first kappa shape index (κ1) is 26.0. The third-order valence-corrected chi connectivity index (χ3v) is 6.60. The average Bonchev–Trinajstić information content (AvgIpc) is 3.38. The van der Waals surface area contributed by atoms with E-state index in [0.717, 1.165) is 18.9 Å². The summed E-state index contributed by atoms with van der Waals surface area (Å²) in [7, 11) is -2.55. The number of nitro benzene ring substituents is 1. The van der Waals surface area contributed by atoms with Gasteiger partial charge in [0.1, 0.15) is 10.6 Å². The van der Waals surface area contributed by atoms with Crippen LogP contribution in [-0.2, 0) is 24.3 Å². The van der Waals surface area contributed by atoms with Crippen molar-refractivity contribution in [3.63, 3.8) is 0 Å². The molecular formula is C23H24N2O9S. The van der Waals surface area contributed by atoms with Gasteiger partial charge in [0.15, 0.2) is 12.4 Å². The number of carbonyl (C=O) groups excluding carboxylic acids is 2. The molecule has 186 valence electrons. The van der Waals surface area contributed by atoms with Crippen molar-refractivity contribution < 1.29 is 37.1 Å². The van der Waals surface area contributed by atoms with E-state index in [9.17, 15) is 28.1 Å². The number of esters is 1. The monoisotopic (exact) mass is 504 g/mol. The predicted molar refractivity (Wildman–Crippen MR) is 125 cm³/mol. The smallest absolute Gasteiger partial charge is 0.331 e. The molecule has 11 nitrogen and oxygen atoms in total. The van der Waals surface area contributed by atoms with Crippen molar-refractivity contribution in [2.75, 3.05) is 26.9 Å². The lowest BCUT2D eigenvalue weighted by Gasteiger charge is -2.14. The standard InChI is InChI=1S/C23H24N2O9S/c1-32-21-10-4-16(13-22(21)35(30,31)24-14-19-3-2-12-33-19)5-11-23(27)34-15-20(26)17-6-8-18(9-7-17)25(28)29/h4-11,13,19,24H,2-3,12,14-15H2,1H3/b11-5-/t19-/m1/s1. The highest BCUT2D eigenvalue weighted by Crippen LogP contribution is 2.26. The SMILES string of the molecule is COc1ccc(/C=C\C(=O)OCC(=O)c2ccc([N+](=O)[O-])cc2)cc1S(=O)(=O)NC[C@H]1CCCO1. The molecule has 0 aromatic heterocycles. The largest absolute Gasteiger partial charge is 0.495 e. The minimum absolute atomic E-state index is 0.0955. The summed E-state index contributed by atoms with van der Waals surface area (Å²) in [6, 6.07) is 9.28. The van der Waals surface area contributed by atoms with Crippen LogP contribution in [0.2, 0.25) is 0 Å². The third kappa shape index (κ3) is 7.18. The number of non-ortho nitro benzene ring substituents is 1. The number of carbonyl (C=O) groups is 2. The average molecular weight is 505 g/mol. The number of methoxy groups -OCH3 is 1. The zero-order chi connectivity index (χ0) is 25.4. The summed E-state index contributed by atoms with van der Waals surface area (Å²) in [6.07, 6.45) is 3.88. The molecule has 0 saturated carbocycles. The Morgan fingerprint density at radius 3 is 2.60 bits per heavy atom. The number of nitrogens with one attached hydrogen (secondary N) is 1. The number of hydrogen-bond donors (Lipinski definition) is 1. The van der Waals surface area contributed by atoms with Crippen molar-refractivity contribution in [2.24, 2.45) is 0 Å². The summed E-state index contributed by atoms with van der Waals surface area (Å²) in [4.78, 5) is 34.1. The minimum atomic E-state index is -3.90. The van der Waals surface area contributed by atoms with Crippen LogP contribution < -0.4 is 9.46 Å². The molecule has 1 atom stereocenters. The molecule has 0 aliphatic carbocycles. The Morgan fingerprint density at radius 1 is 1.23 bits per heavy atom. The van der Waals surface area contributed by atoms with Crippen molar-refractivity contribution in [1.82, 2.24) is 4.72 Å². The first-order valence-electron chi connectivity index (χ1n) is 10.6. The van der Waals surface area contributed by atoms with E-state index < -0.39 is 33.3 Å². The van der Waals surface area contributed by atoms with Crippen molar-refractivity contribution in [3.05, 3.63) is 69.8 Å². The van der Waals surface area contributed by atoms with E-state index in [4.69, 9.17) is 14.2 Å². The summed E-state index contributed by atoms with van der Waals surface area (Å²) >= 11 is 0. The zero-order valence-electron chi connectivity index (χ0n) is 18.8. The molecule has 2 aromatic rings. The van der Waals surface area contributed by atoms with Crippen molar-refractivity contribution in [3.8, 4) is 5.75 Å². The van der Waals surface area contributed by atoms with Crippen LogP contribution in [0.5, 0.6) is 5.75 Å². The highest BCUT2D eigenvalue weighted by Gasteiger charge is 2.23. The normalized spacial score (nSPS) is 15.7. The molecule has 2 aromatic carbocycles. The molecular weight excluding hydrogens is 480 g/mol. The summed E-state index contributed by atoms with van der Waals surface area (Å²) in [5.41, 5.74) is 0.388. The highest BCUT2D eigenvalue weighted by atomic mass is 32.2. The number of nitro groups is 1. The quantitative estimate of drug-likeness (QED) is 0.160. The lowest BCUT2D eigenvalue weighted by molar-refractivity contribution is -0.384. The van der Waals surface area contributed by atoms with Gasteiger partial charge in [0.25, 0.3) is 5.69 Å². The number of Topliss-reactive ketones (excluding diaryl/α,β-unsaturated/α-hetero) is 1. The van der Waals surface area contributed by atoms with Crippen LogP contribution in [0.25, 0.3) is 6.08 Å². The molecule has 0 bridgehead atoms. The number of benzene rings is 2. The van der Waals surface area contributed by atoms with E-state index in [1.807, 2.05) is 0 Å². The van der Waals surface area contributed by atoms with Crippen LogP contribution >= 0.6 is 0 Å². The lowest BCUT2D eigenvalue weighted by atomic mass is 10.1. The lowest BCUT2D eigenvalue weighted by Crippen LogP contribution is -2.32. The van der Waals surface area contributed by atoms with E-state index in [2.05, 4.69) is 4.72 Å². The van der Waals surface area contributed by atoms with Crippen LogP contribution in [0.1, 0.15) is 28.8 Å². The van der Waals surface area contributed by atoms with Gasteiger partial charge < -0.3 is 14.2 Å². The van der Waals surface area contributed by atoms with E-state index in [0.29, 0.717) is 12.2 Å². The number of ketones is 1. The van der Waals surface area contributed by atoms with Crippen molar-refractivity contribution in [2.45, 2.75) is 23.8 Å². The zero-order valence-corrected chi connectivity index (χ0v) is 19.7. The molecule has 0 spiro atoms. The van der Waals surface area contributed by atoms with Crippen molar-refractivity contribution >= 4 is 33.5 Å². The van der Waals surface area contributed by atoms with Crippen molar-refractivity contribution in [1.29, 1.82) is 0 Å². The van der Waals surface area contributed by atoms with E-state index in [1.165, 1.54) is 49.6 Å². The third-order valence-electron chi connectivity index (χ3n) is 5.16. The van der Waals surface area contributed by atoms with Gasteiger partial charge in [-0.05, 0) is 48.7 Å². The predicted octanol–water partition coefficient (Wildman–Crippen LogP) is 2.50. The molecule has 1 aliphatic heterocycles. The summed E-state index contributed by atoms with van der Waals surface area (Å²) in [6.45, 7) is 0.183. The molecule has 0 unspecified atom stereocenters.